The minimum atomic E-state index is -1.36. The van der Waals surface area contributed by atoms with E-state index in [9.17, 15) is 0 Å². The molecule has 146 heavy (non-hydrogen) atoms. The van der Waals surface area contributed by atoms with Gasteiger partial charge in [-0.3, -0.25) is 0 Å². The van der Waals surface area contributed by atoms with Crippen LogP contribution in [0.4, 0.5) is 0 Å². The number of benzene rings is 12. The molecule has 0 spiro atoms. The molecule has 0 saturated heterocycles. The van der Waals surface area contributed by atoms with Gasteiger partial charge in [0.1, 0.15) is 11.2 Å². The molecule has 0 fully saturated rings. The van der Waals surface area contributed by atoms with Gasteiger partial charge >= 0.3 is 0 Å². The van der Waals surface area contributed by atoms with Crippen molar-refractivity contribution >= 4 is 160 Å². The molecule has 736 valence electrons. The Labute approximate surface area is 923 Å². The van der Waals surface area contributed by atoms with Crippen molar-refractivity contribution in [3.63, 3.8) is 0 Å². The Bertz CT molecular complexity index is 7540. The van der Waals surface area contributed by atoms with Crippen LogP contribution in [-0.4, -0.2) is 72.2 Å². The molecular weight excluding hydrogens is 2600 g/mol. The number of nitrogens with zero attached hydrogens (tertiary/aromatic N) is 8. The maximum absolute atomic E-state index is 5.88. The monoisotopic (exact) mass is 2710 g/mol. The molecule has 24 rings (SSSR count). The molecule has 0 aliphatic heterocycles. The Kier molecular flexibility index (Phi) is 38.7. The zero-order valence-electron chi connectivity index (χ0n) is 83.6. The van der Waals surface area contributed by atoms with Crippen LogP contribution in [0, 0.1) is 62.4 Å². The van der Waals surface area contributed by atoms with Gasteiger partial charge in [-0.15, -0.1) is 239 Å². The van der Waals surface area contributed by atoms with Gasteiger partial charge in [0.25, 0.3) is 0 Å². The summed E-state index contributed by atoms with van der Waals surface area (Å²) in [7, 11) is -5.31. The molecule has 12 heterocycles. The Morgan fingerprint density at radius 1 is 0.212 bits per heavy atom. The molecule has 0 N–H and O–H groups in total. The molecule has 0 amide bonds. The number of hydrogen-bond donors (Lipinski definition) is 0. The summed E-state index contributed by atoms with van der Waals surface area (Å²) in [5.41, 5.74) is 22.4. The van der Waals surface area contributed by atoms with Crippen molar-refractivity contribution < 1.29 is 89.3 Å². The van der Waals surface area contributed by atoms with Crippen molar-refractivity contribution in [1.29, 1.82) is 0 Å². The Morgan fingerprint density at radius 2 is 0.493 bits per heavy atom. The third kappa shape index (κ3) is 28.2. The van der Waals surface area contributed by atoms with E-state index >= 15 is 0 Å². The minimum Gasteiger partial charge on any atom is -0.500 e. The second-order valence-corrected chi connectivity index (χ2v) is 60.9. The van der Waals surface area contributed by atoms with Gasteiger partial charge in [-0.2, -0.15) is 22.7 Å². The van der Waals surface area contributed by atoms with Gasteiger partial charge < -0.3 is 48.7 Å². The van der Waals surface area contributed by atoms with Crippen molar-refractivity contribution in [2.24, 2.45) is 0 Å². The molecular formula is C126H108Ir4N8O2S2Si4-8. The summed E-state index contributed by atoms with van der Waals surface area (Å²) in [5, 5.41) is 15.4. The van der Waals surface area contributed by atoms with Crippen LogP contribution in [0.5, 0.6) is 0 Å². The fourth-order valence-electron chi connectivity index (χ4n) is 16.5. The first-order chi connectivity index (χ1) is 68.8. The van der Waals surface area contributed by atoms with Gasteiger partial charge in [-0.05, 0) is 149 Å². The van der Waals surface area contributed by atoms with E-state index in [1.54, 1.807) is 24.8 Å². The maximum Gasteiger partial charge on any atom is 0.120 e. The maximum atomic E-state index is 5.88. The van der Waals surface area contributed by atoms with Gasteiger partial charge in [-0.1, -0.05) is 269 Å². The van der Waals surface area contributed by atoms with Gasteiger partial charge in [0, 0.05) is 150 Å². The molecule has 0 bridgehead atoms. The molecule has 0 saturated carbocycles. The smallest absolute Gasteiger partial charge is 0.120 e. The first kappa shape index (κ1) is 111. The number of thiophene rings is 2. The second kappa shape index (κ2) is 51.1. The summed E-state index contributed by atoms with van der Waals surface area (Å²) in [5.74, 6) is 0. The van der Waals surface area contributed by atoms with Gasteiger partial charge in [0.2, 0.25) is 0 Å². The molecule has 20 heteroatoms. The third-order valence-corrected chi connectivity index (χ3v) is 34.6. The molecule has 4 radical (unpaired) electrons. The first-order valence-electron chi connectivity index (χ1n) is 47.5. The van der Waals surface area contributed by atoms with Gasteiger partial charge in [0.15, 0.2) is 0 Å². The zero-order chi connectivity index (χ0) is 98.8. The van der Waals surface area contributed by atoms with E-state index in [0.29, 0.717) is 0 Å². The molecule has 0 aliphatic rings. The topological polar surface area (TPSA) is 129 Å². The van der Waals surface area contributed by atoms with Crippen molar-refractivity contribution in [1.82, 2.24) is 39.9 Å². The van der Waals surface area contributed by atoms with E-state index in [4.69, 9.17) is 23.8 Å². The fraction of sp³-hybridized carbons (Fsp3) is 0.111. The summed E-state index contributed by atoms with van der Waals surface area (Å²) in [6.07, 6.45) is 15.4. The summed E-state index contributed by atoms with van der Waals surface area (Å²) in [6, 6.07) is 144. The van der Waals surface area contributed by atoms with E-state index in [-0.39, 0.29) is 80.4 Å². The molecule has 24 aromatic rings. The van der Waals surface area contributed by atoms with Gasteiger partial charge in [-0.25, -0.2) is 0 Å². The summed E-state index contributed by atoms with van der Waals surface area (Å²) < 4.78 is 17.0. The molecule has 0 atom stereocenters. The van der Waals surface area contributed by atoms with Crippen LogP contribution < -0.4 is 20.7 Å². The van der Waals surface area contributed by atoms with Crippen LogP contribution >= 0.6 is 22.7 Å². The molecule has 0 unspecified atom stereocenters. The SMILES string of the molecule is C[Si](C)(C)c1ccc(-c2[c-]cc3oc4ccccc4c3c2)nc1.C[Si](C)(C)c1ccc(-c2[c-]cc3sc4ccccc4c3c2)nc1.Cc1cc(-c2[c-]cc3oc4ccccc4c3c2)ncc1[Si](C)(C)C.Cc1cc(-c2[c-]cc3sc4ccccc4c3c2)ncc1[Si](C)(C)C.[Ir].[Ir].[Ir].[Ir].[c-]1ccccc1-c1ccccn1.[c-]1ccccc1-c1ccccn1.[c-]1ccccc1-c1ccccn1.[c-]1ccccc1-c1ccccn1. The average Bonchev–Trinajstić information content (AvgIpc) is 1.67. The van der Waals surface area contributed by atoms with E-state index in [1.807, 2.05) is 253 Å². The van der Waals surface area contributed by atoms with E-state index < -0.39 is 32.3 Å². The Hall–Kier alpha value is -12.7. The number of aryl methyl sites for hydroxylation is 2. The number of aromatic nitrogens is 8. The number of furan rings is 2. The Balaban J connectivity index is 0.000000141. The second-order valence-electron chi connectivity index (χ2n) is 38.5. The quantitative estimate of drug-likeness (QED) is 0.0861. The van der Waals surface area contributed by atoms with Crippen LogP contribution in [0.1, 0.15) is 11.1 Å². The van der Waals surface area contributed by atoms with Crippen molar-refractivity contribution in [2.75, 3.05) is 0 Å². The van der Waals surface area contributed by atoms with Crippen molar-refractivity contribution in [3.05, 3.63) is 461 Å². The fourth-order valence-corrected chi connectivity index (χ4v) is 24.2. The first-order valence-corrected chi connectivity index (χ1v) is 63.1. The summed E-state index contributed by atoms with van der Waals surface area (Å²) in [6.45, 7) is 32.6. The molecule has 0 aliphatic carbocycles. The number of rotatable bonds is 12. The number of pyridine rings is 8. The Morgan fingerprint density at radius 3 is 0.781 bits per heavy atom. The van der Waals surface area contributed by atoms with Crippen LogP contribution in [0.15, 0.2) is 410 Å². The number of para-hydroxylation sites is 2. The van der Waals surface area contributed by atoms with Crippen molar-refractivity contribution in [2.45, 2.75) is 92.4 Å². The summed E-state index contributed by atoms with van der Waals surface area (Å²) >= 11 is 3.65. The van der Waals surface area contributed by atoms with E-state index in [2.05, 4.69) is 312 Å². The summed E-state index contributed by atoms with van der Waals surface area (Å²) in [4.78, 5) is 35.7. The van der Waals surface area contributed by atoms with Crippen molar-refractivity contribution in [3.8, 4) is 90.1 Å². The standard InChI is InChI=1S/C21H20NOSi.C21H20NSSi.C20H18NOSi.C20H18NSSi.4C11H8N.4Ir/c2*1-14-11-18(22-13-21(14)24(2,3)4)15-9-10-20-17(12-15)16-7-5-6-8-19(16)23-20;2*1-23(2,3)15-9-10-18(21-13-15)14-8-11-20-17(12-14)16-6-4-5-7-19(16)22-20;4*1-2-6-10(7-3-1)11-8-4-5-9-12-11;;;;/h2*5-8,10-13H,1-4H3;2*4-7,9-13H,1-3H3;4*1-6,8-9H;;;;/q8*-1;;;;. The molecule has 12 aromatic heterocycles. The van der Waals surface area contributed by atoms with E-state index in [1.165, 1.54) is 72.2 Å². The van der Waals surface area contributed by atoms with Gasteiger partial charge in [0.05, 0.1) is 43.5 Å². The molecule has 12 aromatic carbocycles. The van der Waals surface area contributed by atoms with Crippen LogP contribution in [0.3, 0.4) is 0 Å². The number of fused-ring (bicyclic) bond motifs is 12. The predicted octanol–water partition coefficient (Wildman–Crippen LogP) is 31.7. The zero-order valence-corrected chi connectivity index (χ0v) is 98.9. The van der Waals surface area contributed by atoms with Crippen LogP contribution in [0.2, 0.25) is 78.6 Å². The normalized spacial score (nSPS) is 11.0. The third-order valence-electron chi connectivity index (χ3n) is 24.0. The minimum absolute atomic E-state index is 0. The number of hydrogen-bond acceptors (Lipinski definition) is 12. The van der Waals surface area contributed by atoms with Crippen LogP contribution in [-0.2, 0) is 80.4 Å². The largest absolute Gasteiger partial charge is 0.500 e. The predicted molar refractivity (Wildman–Crippen MR) is 610 cm³/mol. The van der Waals surface area contributed by atoms with Crippen LogP contribution in [0.25, 0.3) is 174 Å². The van der Waals surface area contributed by atoms with E-state index in [0.717, 1.165) is 134 Å². The molecule has 10 nitrogen and oxygen atoms in total. The average molecular weight is 2710 g/mol.